The number of aliphatic carboxylic acids is 1. The van der Waals surface area contributed by atoms with E-state index in [1.807, 2.05) is 0 Å². The molecule has 1 fully saturated rings. The Bertz CT molecular complexity index is 171. The maximum Gasteiger partial charge on any atom is 0.332 e. The Hall–Kier alpha value is -0.440. The molecule has 0 bridgehead atoms. The van der Waals surface area contributed by atoms with Gasteiger partial charge in [0.25, 0.3) is 0 Å². The third kappa shape index (κ3) is 2.26. The average Bonchev–Trinajstić information content (AvgIpc) is 2.05. The Morgan fingerprint density at radius 1 is 1.55 bits per heavy atom. The molecule has 1 heterocycles. The third-order valence-electron chi connectivity index (χ3n) is 1.84. The SMILES string of the molecule is C=C(C(=O)O)C1CCCCS1. The van der Waals surface area contributed by atoms with Crippen molar-refractivity contribution in [1.29, 1.82) is 0 Å². The number of rotatable bonds is 2. The van der Waals surface area contributed by atoms with Crippen molar-refractivity contribution in [2.45, 2.75) is 24.5 Å². The van der Waals surface area contributed by atoms with Crippen molar-refractivity contribution in [3.63, 3.8) is 0 Å². The van der Waals surface area contributed by atoms with Crippen molar-refractivity contribution in [3.8, 4) is 0 Å². The van der Waals surface area contributed by atoms with Gasteiger partial charge in [0.2, 0.25) is 0 Å². The summed E-state index contributed by atoms with van der Waals surface area (Å²) in [5.41, 5.74) is 0.370. The van der Waals surface area contributed by atoms with Gasteiger partial charge in [0.05, 0.1) is 0 Å². The van der Waals surface area contributed by atoms with E-state index in [1.165, 1.54) is 6.42 Å². The first-order valence-electron chi connectivity index (χ1n) is 3.75. The fraction of sp³-hybridized carbons (Fsp3) is 0.625. The summed E-state index contributed by atoms with van der Waals surface area (Å²) in [7, 11) is 0. The number of hydrogen-bond donors (Lipinski definition) is 1. The number of thioether (sulfide) groups is 1. The van der Waals surface area contributed by atoms with Gasteiger partial charge < -0.3 is 5.11 Å². The van der Waals surface area contributed by atoms with Gasteiger partial charge in [0.15, 0.2) is 0 Å². The zero-order valence-electron chi connectivity index (χ0n) is 6.38. The second kappa shape index (κ2) is 3.81. The van der Waals surface area contributed by atoms with Crippen LogP contribution in [0.5, 0.6) is 0 Å². The van der Waals surface area contributed by atoms with Crippen molar-refractivity contribution in [2.75, 3.05) is 5.75 Å². The Morgan fingerprint density at radius 2 is 2.27 bits per heavy atom. The lowest BCUT2D eigenvalue weighted by Crippen LogP contribution is -2.17. The molecule has 1 aliphatic heterocycles. The van der Waals surface area contributed by atoms with Crippen LogP contribution >= 0.6 is 11.8 Å². The second-order valence-corrected chi connectivity index (χ2v) is 4.00. The van der Waals surface area contributed by atoms with Gasteiger partial charge in [-0.1, -0.05) is 13.0 Å². The Labute approximate surface area is 70.7 Å². The summed E-state index contributed by atoms with van der Waals surface area (Å²) in [5.74, 6) is 0.237. The highest BCUT2D eigenvalue weighted by molar-refractivity contribution is 8.00. The van der Waals surface area contributed by atoms with Crippen LogP contribution in [0, 0.1) is 0 Å². The van der Waals surface area contributed by atoms with E-state index >= 15 is 0 Å². The maximum atomic E-state index is 10.5. The zero-order valence-corrected chi connectivity index (χ0v) is 7.19. The maximum absolute atomic E-state index is 10.5. The second-order valence-electron chi connectivity index (χ2n) is 2.69. The van der Waals surface area contributed by atoms with Gasteiger partial charge in [0.1, 0.15) is 0 Å². The molecule has 11 heavy (non-hydrogen) atoms. The summed E-state index contributed by atoms with van der Waals surface area (Å²) in [4.78, 5) is 10.5. The molecule has 2 nitrogen and oxygen atoms in total. The first-order valence-corrected chi connectivity index (χ1v) is 4.80. The summed E-state index contributed by atoms with van der Waals surface area (Å²) >= 11 is 1.72. The molecule has 1 atom stereocenters. The standard InChI is InChI=1S/C8H12O2S/c1-6(8(9)10)7-4-2-3-5-11-7/h7H,1-5H2,(H,9,10). The molecule has 1 unspecified atom stereocenters. The molecule has 0 radical (unpaired) electrons. The molecule has 1 saturated heterocycles. The van der Waals surface area contributed by atoms with E-state index in [0.29, 0.717) is 5.57 Å². The summed E-state index contributed by atoms with van der Waals surface area (Å²) in [5, 5.41) is 8.79. The molecule has 0 aromatic rings. The molecule has 0 amide bonds. The lowest BCUT2D eigenvalue weighted by atomic mass is 10.1. The highest BCUT2D eigenvalue weighted by atomic mass is 32.2. The Balaban J connectivity index is 2.45. The van der Waals surface area contributed by atoms with Crippen molar-refractivity contribution < 1.29 is 9.90 Å². The molecule has 0 spiro atoms. The van der Waals surface area contributed by atoms with E-state index < -0.39 is 5.97 Å². The monoisotopic (exact) mass is 172 g/mol. The normalized spacial score (nSPS) is 24.5. The summed E-state index contributed by atoms with van der Waals surface area (Å²) in [6.07, 6.45) is 3.34. The van der Waals surface area contributed by atoms with Crippen LogP contribution in [0.3, 0.4) is 0 Å². The van der Waals surface area contributed by atoms with E-state index in [9.17, 15) is 4.79 Å². The zero-order chi connectivity index (χ0) is 8.27. The van der Waals surface area contributed by atoms with Gasteiger partial charge in [0, 0.05) is 10.8 Å². The van der Waals surface area contributed by atoms with E-state index in [0.717, 1.165) is 18.6 Å². The lowest BCUT2D eigenvalue weighted by molar-refractivity contribution is -0.132. The van der Waals surface area contributed by atoms with Crippen LogP contribution in [0.25, 0.3) is 0 Å². The Kier molecular flexibility index (Phi) is 3.00. The first-order chi connectivity index (χ1) is 5.22. The van der Waals surface area contributed by atoms with Crippen LogP contribution in [0.2, 0.25) is 0 Å². The quantitative estimate of drug-likeness (QED) is 0.646. The average molecular weight is 172 g/mol. The van der Waals surface area contributed by atoms with Gasteiger partial charge in [-0.25, -0.2) is 4.79 Å². The highest BCUT2D eigenvalue weighted by Crippen LogP contribution is 2.29. The minimum absolute atomic E-state index is 0.168. The molecule has 0 aliphatic carbocycles. The molecular weight excluding hydrogens is 160 g/mol. The van der Waals surface area contributed by atoms with Crippen LogP contribution in [-0.4, -0.2) is 22.1 Å². The number of carbonyl (C=O) groups is 1. The van der Waals surface area contributed by atoms with Gasteiger partial charge in [-0.15, -0.1) is 0 Å². The van der Waals surface area contributed by atoms with E-state index in [2.05, 4.69) is 6.58 Å². The van der Waals surface area contributed by atoms with Crippen molar-refractivity contribution >= 4 is 17.7 Å². The predicted octanol–water partition coefficient (Wildman–Crippen LogP) is 1.91. The largest absolute Gasteiger partial charge is 0.478 e. The third-order valence-corrected chi connectivity index (χ3v) is 3.29. The van der Waals surface area contributed by atoms with Gasteiger partial charge >= 0.3 is 5.97 Å². The number of carboxylic acid groups (broad SMARTS) is 1. The van der Waals surface area contributed by atoms with Gasteiger partial charge in [-0.2, -0.15) is 11.8 Å². The molecule has 3 heteroatoms. The topological polar surface area (TPSA) is 37.3 Å². The minimum atomic E-state index is -0.843. The molecule has 62 valence electrons. The molecule has 0 aromatic heterocycles. The molecule has 0 saturated carbocycles. The predicted molar refractivity (Wildman–Crippen MR) is 46.9 cm³/mol. The van der Waals surface area contributed by atoms with Gasteiger partial charge in [-0.05, 0) is 18.6 Å². The van der Waals surface area contributed by atoms with Crippen LogP contribution in [0.4, 0.5) is 0 Å². The van der Waals surface area contributed by atoms with Crippen LogP contribution in [0.15, 0.2) is 12.2 Å². The van der Waals surface area contributed by atoms with Crippen molar-refractivity contribution in [2.24, 2.45) is 0 Å². The fourth-order valence-corrected chi connectivity index (χ4v) is 2.44. The smallest absolute Gasteiger partial charge is 0.332 e. The lowest BCUT2D eigenvalue weighted by Gasteiger charge is -2.20. The van der Waals surface area contributed by atoms with Crippen LogP contribution < -0.4 is 0 Å². The molecule has 1 aliphatic rings. The van der Waals surface area contributed by atoms with E-state index in [-0.39, 0.29) is 5.25 Å². The molecule has 0 aromatic carbocycles. The van der Waals surface area contributed by atoms with Crippen molar-refractivity contribution in [3.05, 3.63) is 12.2 Å². The first kappa shape index (κ1) is 8.65. The molecular formula is C8H12O2S. The molecule has 1 N–H and O–H groups in total. The Morgan fingerprint density at radius 3 is 2.73 bits per heavy atom. The van der Waals surface area contributed by atoms with E-state index in [4.69, 9.17) is 5.11 Å². The van der Waals surface area contributed by atoms with Gasteiger partial charge in [-0.3, -0.25) is 0 Å². The number of hydrogen-bond acceptors (Lipinski definition) is 2. The van der Waals surface area contributed by atoms with Crippen molar-refractivity contribution in [1.82, 2.24) is 0 Å². The van der Waals surface area contributed by atoms with Crippen LogP contribution in [-0.2, 0) is 4.79 Å². The fourth-order valence-electron chi connectivity index (χ4n) is 1.15. The molecule has 1 rings (SSSR count). The summed E-state index contributed by atoms with van der Waals surface area (Å²) in [6.45, 7) is 3.56. The van der Waals surface area contributed by atoms with E-state index in [1.54, 1.807) is 11.8 Å². The van der Waals surface area contributed by atoms with Crippen LogP contribution in [0.1, 0.15) is 19.3 Å². The summed E-state index contributed by atoms with van der Waals surface area (Å²) < 4.78 is 0. The number of carboxylic acids is 1. The highest BCUT2D eigenvalue weighted by Gasteiger charge is 2.20. The minimum Gasteiger partial charge on any atom is -0.478 e. The summed E-state index contributed by atoms with van der Waals surface area (Å²) in [6, 6.07) is 0.